The molecule has 0 fully saturated rings. The number of amides is 1. The normalized spacial score (nSPS) is 15.2. The molecule has 3 aromatic heterocycles. The lowest BCUT2D eigenvalue weighted by atomic mass is 9.92. The van der Waals surface area contributed by atoms with Crippen LogP contribution < -0.4 is 5.32 Å². The number of nitrogens with zero attached hydrogens (tertiary/aromatic N) is 5. The molecular formula is C28H26N6O. The summed E-state index contributed by atoms with van der Waals surface area (Å²) >= 11 is 0. The van der Waals surface area contributed by atoms with Crippen molar-refractivity contribution in [1.82, 2.24) is 29.9 Å². The van der Waals surface area contributed by atoms with Gasteiger partial charge in [-0.25, -0.2) is 9.67 Å². The second kappa shape index (κ2) is 8.83. The van der Waals surface area contributed by atoms with Gasteiger partial charge in [0, 0.05) is 23.9 Å². The molecule has 0 bridgehead atoms. The van der Waals surface area contributed by atoms with E-state index < -0.39 is 0 Å². The van der Waals surface area contributed by atoms with E-state index in [-0.39, 0.29) is 11.9 Å². The Kier molecular flexibility index (Phi) is 5.37. The van der Waals surface area contributed by atoms with Crippen molar-refractivity contribution >= 4 is 16.9 Å². The maximum absolute atomic E-state index is 13.7. The molecule has 5 aromatic rings. The highest BCUT2D eigenvalue weighted by atomic mass is 16.1. The third-order valence-corrected chi connectivity index (χ3v) is 6.78. The monoisotopic (exact) mass is 462 g/mol. The molecule has 35 heavy (non-hydrogen) atoms. The Morgan fingerprint density at radius 1 is 1.03 bits per heavy atom. The van der Waals surface area contributed by atoms with E-state index in [9.17, 15) is 4.79 Å². The highest BCUT2D eigenvalue weighted by Gasteiger charge is 2.26. The van der Waals surface area contributed by atoms with Gasteiger partial charge in [-0.05, 0) is 30.9 Å². The lowest BCUT2D eigenvalue weighted by molar-refractivity contribution is 0.0934. The number of carbonyl (C=O) groups is 1. The summed E-state index contributed by atoms with van der Waals surface area (Å²) < 4.78 is 3.78. The zero-order chi connectivity index (χ0) is 23.8. The van der Waals surface area contributed by atoms with E-state index in [1.54, 1.807) is 6.20 Å². The van der Waals surface area contributed by atoms with E-state index in [1.165, 1.54) is 5.69 Å². The number of hydrogen-bond acceptors (Lipinski definition) is 4. The fraction of sp³-hybridized carbons (Fsp3) is 0.214. The second-order valence-electron chi connectivity index (χ2n) is 9.03. The fourth-order valence-electron chi connectivity index (χ4n) is 4.96. The summed E-state index contributed by atoms with van der Waals surface area (Å²) in [5.74, 6) is -0.115. The Bertz CT molecular complexity index is 1500. The molecule has 3 heterocycles. The Morgan fingerprint density at radius 2 is 1.80 bits per heavy atom. The second-order valence-corrected chi connectivity index (χ2v) is 9.03. The summed E-state index contributed by atoms with van der Waals surface area (Å²) in [5, 5.41) is 13.1. The van der Waals surface area contributed by atoms with Crippen LogP contribution in [0.3, 0.4) is 0 Å². The minimum absolute atomic E-state index is 0.0531. The van der Waals surface area contributed by atoms with Crippen molar-refractivity contribution in [3.05, 3.63) is 102 Å². The van der Waals surface area contributed by atoms with Gasteiger partial charge in [0.05, 0.1) is 41.6 Å². The standard InChI is InChI=1S/C28H26N6O/c1-33-26-14-8-13-24(23(26)17-29-33)32-28(35)21-15-25(20-11-6-3-7-12-20)31-27-22(21)16-30-34(27)18-19-9-4-2-5-10-19/h2-7,9-12,15-17,24H,8,13-14,18H2,1H3,(H,32,35). The Hall–Kier alpha value is -4.26. The number of rotatable bonds is 5. The summed E-state index contributed by atoms with van der Waals surface area (Å²) in [7, 11) is 1.96. The van der Waals surface area contributed by atoms with Gasteiger partial charge in [0.15, 0.2) is 5.65 Å². The minimum Gasteiger partial charge on any atom is -0.345 e. The summed E-state index contributed by atoms with van der Waals surface area (Å²) in [5.41, 5.74) is 6.44. The molecule has 174 valence electrons. The molecule has 1 aliphatic rings. The molecule has 7 nitrogen and oxygen atoms in total. The lowest BCUT2D eigenvalue weighted by Gasteiger charge is -2.24. The molecule has 1 amide bonds. The molecule has 0 aliphatic heterocycles. The molecule has 2 aromatic carbocycles. The van der Waals surface area contributed by atoms with Crippen LogP contribution in [0.5, 0.6) is 0 Å². The van der Waals surface area contributed by atoms with Gasteiger partial charge in [0.1, 0.15) is 0 Å². The maximum Gasteiger partial charge on any atom is 0.252 e. The molecule has 7 heteroatoms. The Labute approximate surface area is 203 Å². The molecule has 6 rings (SSSR count). The van der Waals surface area contributed by atoms with Gasteiger partial charge < -0.3 is 5.32 Å². The molecule has 1 atom stereocenters. The van der Waals surface area contributed by atoms with Crippen molar-refractivity contribution < 1.29 is 4.79 Å². The summed E-state index contributed by atoms with van der Waals surface area (Å²) in [4.78, 5) is 18.6. The van der Waals surface area contributed by atoms with Crippen molar-refractivity contribution in [2.45, 2.75) is 31.8 Å². The van der Waals surface area contributed by atoms with Gasteiger partial charge >= 0.3 is 0 Å². The van der Waals surface area contributed by atoms with Crippen LogP contribution >= 0.6 is 0 Å². The van der Waals surface area contributed by atoms with E-state index in [0.717, 1.165) is 47.0 Å². The van der Waals surface area contributed by atoms with Gasteiger partial charge in [-0.15, -0.1) is 0 Å². The van der Waals surface area contributed by atoms with E-state index in [2.05, 4.69) is 27.6 Å². The van der Waals surface area contributed by atoms with Crippen molar-refractivity contribution in [3.63, 3.8) is 0 Å². The molecule has 0 spiro atoms. The van der Waals surface area contributed by atoms with E-state index in [0.29, 0.717) is 17.8 Å². The smallest absolute Gasteiger partial charge is 0.252 e. The van der Waals surface area contributed by atoms with Crippen LogP contribution in [0.2, 0.25) is 0 Å². The zero-order valence-electron chi connectivity index (χ0n) is 19.6. The van der Waals surface area contributed by atoms with Crippen LogP contribution in [0.25, 0.3) is 22.3 Å². The number of aryl methyl sites for hydroxylation is 1. The van der Waals surface area contributed by atoms with Crippen molar-refractivity contribution in [2.75, 3.05) is 0 Å². The number of aromatic nitrogens is 5. The van der Waals surface area contributed by atoms with Crippen LogP contribution in [0, 0.1) is 0 Å². The zero-order valence-corrected chi connectivity index (χ0v) is 19.6. The summed E-state index contributed by atoms with van der Waals surface area (Å²) in [6, 6.07) is 21.9. The van der Waals surface area contributed by atoms with Crippen LogP contribution in [0.1, 0.15) is 46.1 Å². The van der Waals surface area contributed by atoms with Gasteiger partial charge in [0.2, 0.25) is 0 Å². The molecule has 1 unspecified atom stereocenters. The number of carbonyl (C=O) groups excluding carboxylic acids is 1. The summed E-state index contributed by atoms with van der Waals surface area (Å²) in [6.07, 6.45) is 6.55. The Balaban J connectivity index is 1.42. The van der Waals surface area contributed by atoms with E-state index >= 15 is 0 Å². The molecule has 0 saturated heterocycles. The van der Waals surface area contributed by atoms with E-state index in [4.69, 9.17) is 4.98 Å². The van der Waals surface area contributed by atoms with Crippen LogP contribution in [-0.2, 0) is 20.0 Å². The predicted octanol–water partition coefficient (Wildman–Crippen LogP) is 4.69. The quantitative estimate of drug-likeness (QED) is 0.411. The first-order valence-corrected chi connectivity index (χ1v) is 11.9. The first-order valence-electron chi connectivity index (χ1n) is 11.9. The lowest BCUT2D eigenvalue weighted by Crippen LogP contribution is -2.31. The molecular weight excluding hydrogens is 436 g/mol. The third-order valence-electron chi connectivity index (χ3n) is 6.78. The first-order chi connectivity index (χ1) is 17.2. The van der Waals surface area contributed by atoms with Gasteiger partial charge in [-0.3, -0.25) is 9.48 Å². The largest absolute Gasteiger partial charge is 0.345 e. The Morgan fingerprint density at radius 3 is 2.60 bits per heavy atom. The SMILES string of the molecule is Cn1ncc2c1CCCC2NC(=O)c1cc(-c2ccccc2)nc2c1cnn2Cc1ccccc1. The number of hydrogen-bond donors (Lipinski definition) is 1. The third kappa shape index (κ3) is 3.99. The van der Waals surface area contributed by atoms with Crippen LogP contribution in [0.15, 0.2) is 79.1 Å². The number of benzene rings is 2. The molecule has 0 saturated carbocycles. The topological polar surface area (TPSA) is 77.6 Å². The van der Waals surface area contributed by atoms with Gasteiger partial charge in [-0.2, -0.15) is 10.2 Å². The average molecular weight is 463 g/mol. The van der Waals surface area contributed by atoms with Gasteiger partial charge in [0.25, 0.3) is 5.91 Å². The number of fused-ring (bicyclic) bond motifs is 2. The molecule has 0 radical (unpaired) electrons. The fourth-order valence-corrected chi connectivity index (χ4v) is 4.96. The minimum atomic E-state index is -0.115. The molecule has 1 N–H and O–H groups in total. The highest BCUT2D eigenvalue weighted by Crippen LogP contribution is 2.31. The highest BCUT2D eigenvalue weighted by molar-refractivity contribution is 6.06. The number of pyridine rings is 1. The van der Waals surface area contributed by atoms with Crippen molar-refractivity contribution in [3.8, 4) is 11.3 Å². The van der Waals surface area contributed by atoms with Crippen LogP contribution in [0.4, 0.5) is 0 Å². The van der Waals surface area contributed by atoms with Crippen LogP contribution in [-0.4, -0.2) is 30.5 Å². The molecule has 1 aliphatic carbocycles. The average Bonchev–Trinajstić information content (AvgIpc) is 3.48. The number of nitrogens with one attached hydrogen (secondary N) is 1. The van der Waals surface area contributed by atoms with Gasteiger partial charge in [-0.1, -0.05) is 60.7 Å². The summed E-state index contributed by atoms with van der Waals surface area (Å²) in [6.45, 7) is 0.582. The van der Waals surface area contributed by atoms with E-state index in [1.807, 2.05) is 77.2 Å². The van der Waals surface area contributed by atoms with Crippen molar-refractivity contribution in [1.29, 1.82) is 0 Å². The van der Waals surface area contributed by atoms with Crippen molar-refractivity contribution in [2.24, 2.45) is 7.05 Å². The maximum atomic E-state index is 13.7. The predicted molar refractivity (Wildman–Crippen MR) is 135 cm³/mol. The first kappa shape index (κ1) is 21.3.